The zero-order chi connectivity index (χ0) is 9.42. The van der Waals surface area contributed by atoms with Crippen molar-refractivity contribution in [2.45, 2.75) is 0 Å². The predicted octanol–water partition coefficient (Wildman–Crippen LogP) is 0.644. The van der Waals surface area contributed by atoms with Crippen LogP contribution in [0.25, 0.3) is 10.9 Å². The third kappa shape index (κ3) is 1.14. The number of aromatic nitrogens is 2. The van der Waals surface area contributed by atoms with Crippen LogP contribution in [-0.2, 0) is 0 Å². The number of rotatable bonds is 0. The van der Waals surface area contributed by atoms with Gasteiger partial charge in [-0.15, -0.1) is 0 Å². The topological polar surface area (TPSA) is 71.8 Å². The standard InChI is InChI=1S/C8H6FN3O/c9-4-1-2-5-6(3-4)11-12-8(10)7(5)13/h1-3H,(H2,10,12)(H,11,13). The van der Waals surface area contributed by atoms with Crippen molar-refractivity contribution in [2.24, 2.45) is 0 Å². The number of benzene rings is 1. The first-order valence-electron chi connectivity index (χ1n) is 3.62. The van der Waals surface area contributed by atoms with Crippen LogP contribution in [0.2, 0.25) is 0 Å². The third-order valence-electron chi connectivity index (χ3n) is 1.76. The molecule has 0 radical (unpaired) electrons. The van der Waals surface area contributed by atoms with Crippen LogP contribution in [0, 0.1) is 5.82 Å². The number of H-pyrrole nitrogens is 1. The number of halogens is 1. The highest BCUT2D eigenvalue weighted by Crippen LogP contribution is 2.08. The van der Waals surface area contributed by atoms with Crippen molar-refractivity contribution < 1.29 is 4.39 Å². The molecule has 1 heterocycles. The van der Waals surface area contributed by atoms with Crippen LogP contribution in [-0.4, -0.2) is 10.2 Å². The second kappa shape index (κ2) is 2.55. The average Bonchev–Trinajstić information content (AvgIpc) is 2.12. The molecule has 3 N–H and O–H groups in total. The van der Waals surface area contributed by atoms with Gasteiger partial charge < -0.3 is 5.73 Å². The first-order chi connectivity index (χ1) is 6.18. The molecule has 0 unspecified atom stereocenters. The van der Waals surface area contributed by atoms with Gasteiger partial charge >= 0.3 is 0 Å². The van der Waals surface area contributed by atoms with Crippen molar-refractivity contribution in [3.8, 4) is 0 Å². The van der Waals surface area contributed by atoms with Gasteiger partial charge in [0.1, 0.15) is 5.82 Å². The van der Waals surface area contributed by atoms with Gasteiger partial charge in [0.25, 0.3) is 0 Å². The van der Waals surface area contributed by atoms with Crippen LogP contribution in [0.4, 0.5) is 10.2 Å². The Morgan fingerprint density at radius 3 is 3.00 bits per heavy atom. The van der Waals surface area contributed by atoms with Crippen LogP contribution >= 0.6 is 0 Å². The van der Waals surface area contributed by atoms with Gasteiger partial charge in [0.15, 0.2) is 5.82 Å². The Morgan fingerprint density at radius 2 is 2.23 bits per heavy atom. The Balaban J connectivity index is 2.95. The number of fused-ring (bicyclic) bond motifs is 1. The molecule has 0 bridgehead atoms. The molecular weight excluding hydrogens is 173 g/mol. The summed E-state index contributed by atoms with van der Waals surface area (Å²) in [6.45, 7) is 0. The summed E-state index contributed by atoms with van der Waals surface area (Å²) >= 11 is 0. The van der Waals surface area contributed by atoms with E-state index in [1.54, 1.807) is 0 Å². The Bertz CT molecular complexity index is 520. The molecule has 0 aliphatic carbocycles. The summed E-state index contributed by atoms with van der Waals surface area (Å²) in [7, 11) is 0. The molecule has 2 aromatic rings. The van der Waals surface area contributed by atoms with Gasteiger partial charge in [0, 0.05) is 0 Å². The van der Waals surface area contributed by atoms with E-state index in [2.05, 4.69) is 10.2 Å². The molecule has 1 aromatic heterocycles. The lowest BCUT2D eigenvalue weighted by molar-refractivity contribution is 0.629. The van der Waals surface area contributed by atoms with Gasteiger partial charge in [-0.3, -0.25) is 9.89 Å². The van der Waals surface area contributed by atoms with Crippen LogP contribution in [0.3, 0.4) is 0 Å². The molecule has 0 amide bonds. The molecule has 0 saturated carbocycles. The average molecular weight is 179 g/mol. The molecule has 4 nitrogen and oxygen atoms in total. The van der Waals surface area contributed by atoms with Gasteiger partial charge in [-0.05, 0) is 18.2 Å². The molecule has 0 aliphatic rings. The van der Waals surface area contributed by atoms with E-state index in [1.807, 2.05) is 0 Å². The van der Waals surface area contributed by atoms with Crippen LogP contribution in [0.15, 0.2) is 23.0 Å². The maximum atomic E-state index is 12.7. The Hall–Kier alpha value is -1.91. The number of hydrogen-bond acceptors (Lipinski definition) is 3. The van der Waals surface area contributed by atoms with Gasteiger partial charge in [-0.2, -0.15) is 5.10 Å². The molecule has 0 atom stereocenters. The molecule has 1 aromatic carbocycles. The predicted molar refractivity (Wildman–Crippen MR) is 46.7 cm³/mol. The molecule has 66 valence electrons. The lowest BCUT2D eigenvalue weighted by Crippen LogP contribution is -2.12. The SMILES string of the molecule is Nc1n[nH]c2cc(F)ccc2c1=O. The summed E-state index contributed by atoms with van der Waals surface area (Å²) in [6.07, 6.45) is 0. The van der Waals surface area contributed by atoms with E-state index in [9.17, 15) is 9.18 Å². The van der Waals surface area contributed by atoms with Crippen molar-refractivity contribution in [3.63, 3.8) is 0 Å². The highest BCUT2D eigenvalue weighted by molar-refractivity contribution is 5.79. The summed E-state index contributed by atoms with van der Waals surface area (Å²) in [6, 6.07) is 3.78. The summed E-state index contributed by atoms with van der Waals surface area (Å²) < 4.78 is 12.7. The summed E-state index contributed by atoms with van der Waals surface area (Å²) in [5, 5.41) is 6.35. The van der Waals surface area contributed by atoms with Crippen molar-refractivity contribution in [1.29, 1.82) is 0 Å². The number of nitrogens with zero attached hydrogens (tertiary/aromatic N) is 1. The summed E-state index contributed by atoms with van der Waals surface area (Å²) in [5.74, 6) is -0.533. The number of nitrogens with two attached hydrogens (primary N) is 1. The van der Waals surface area contributed by atoms with E-state index in [0.29, 0.717) is 10.9 Å². The highest BCUT2D eigenvalue weighted by atomic mass is 19.1. The zero-order valence-corrected chi connectivity index (χ0v) is 6.54. The van der Waals surface area contributed by atoms with Crippen molar-refractivity contribution >= 4 is 16.7 Å². The normalized spacial score (nSPS) is 10.5. The second-order valence-corrected chi connectivity index (χ2v) is 2.63. The minimum atomic E-state index is -0.422. The van der Waals surface area contributed by atoms with Crippen molar-refractivity contribution in [3.05, 3.63) is 34.2 Å². The smallest absolute Gasteiger partial charge is 0.231 e. The van der Waals surface area contributed by atoms with E-state index in [1.165, 1.54) is 18.2 Å². The molecule has 2 rings (SSSR count). The maximum absolute atomic E-state index is 12.7. The lowest BCUT2D eigenvalue weighted by Gasteiger charge is -1.97. The highest BCUT2D eigenvalue weighted by Gasteiger charge is 2.03. The van der Waals surface area contributed by atoms with Crippen LogP contribution in [0.1, 0.15) is 0 Å². The minimum absolute atomic E-state index is 0.112. The lowest BCUT2D eigenvalue weighted by atomic mass is 10.2. The molecule has 5 heteroatoms. The quantitative estimate of drug-likeness (QED) is 0.623. The molecule has 0 aliphatic heterocycles. The van der Waals surface area contributed by atoms with Crippen molar-refractivity contribution in [2.75, 3.05) is 5.73 Å². The number of hydrogen-bond donors (Lipinski definition) is 2. The van der Waals surface area contributed by atoms with Crippen LogP contribution < -0.4 is 11.2 Å². The molecule has 0 fully saturated rings. The Morgan fingerprint density at radius 1 is 1.46 bits per heavy atom. The fourth-order valence-corrected chi connectivity index (χ4v) is 1.12. The number of anilines is 1. The maximum Gasteiger partial charge on any atom is 0.231 e. The fourth-order valence-electron chi connectivity index (χ4n) is 1.12. The van der Waals surface area contributed by atoms with Gasteiger partial charge in [-0.1, -0.05) is 0 Å². The number of aromatic amines is 1. The first kappa shape index (κ1) is 7.72. The Kier molecular flexibility index (Phi) is 1.51. The number of nitrogens with one attached hydrogen (secondary N) is 1. The van der Waals surface area contributed by atoms with E-state index in [-0.39, 0.29) is 11.2 Å². The van der Waals surface area contributed by atoms with Crippen LogP contribution in [0.5, 0.6) is 0 Å². The van der Waals surface area contributed by atoms with E-state index < -0.39 is 5.82 Å². The fraction of sp³-hybridized carbons (Fsp3) is 0. The molecule has 0 saturated heterocycles. The van der Waals surface area contributed by atoms with Crippen molar-refractivity contribution in [1.82, 2.24) is 10.2 Å². The van der Waals surface area contributed by atoms with Gasteiger partial charge in [0.2, 0.25) is 5.43 Å². The largest absolute Gasteiger partial charge is 0.379 e. The minimum Gasteiger partial charge on any atom is -0.379 e. The first-order valence-corrected chi connectivity index (χ1v) is 3.62. The van der Waals surface area contributed by atoms with Gasteiger partial charge in [0.05, 0.1) is 10.9 Å². The van der Waals surface area contributed by atoms with E-state index >= 15 is 0 Å². The third-order valence-corrected chi connectivity index (χ3v) is 1.76. The molecule has 13 heavy (non-hydrogen) atoms. The number of nitrogen functional groups attached to an aromatic ring is 1. The summed E-state index contributed by atoms with van der Waals surface area (Å²) in [5.41, 5.74) is 5.24. The second-order valence-electron chi connectivity index (χ2n) is 2.63. The monoisotopic (exact) mass is 179 g/mol. The zero-order valence-electron chi connectivity index (χ0n) is 6.54. The van der Waals surface area contributed by atoms with Gasteiger partial charge in [-0.25, -0.2) is 4.39 Å². The Labute approximate surface area is 72.2 Å². The van der Waals surface area contributed by atoms with E-state index in [4.69, 9.17) is 5.73 Å². The summed E-state index contributed by atoms with van der Waals surface area (Å²) in [4.78, 5) is 11.3. The van der Waals surface area contributed by atoms with E-state index in [0.717, 1.165) is 0 Å². The molecule has 0 spiro atoms. The molecular formula is C8H6FN3O.